The van der Waals surface area contributed by atoms with Crippen molar-refractivity contribution >= 4 is 11.9 Å². The van der Waals surface area contributed by atoms with Gasteiger partial charge in [-0.3, -0.25) is 9.59 Å². The van der Waals surface area contributed by atoms with Crippen molar-refractivity contribution in [3.8, 4) is 0 Å². The molecule has 0 atom stereocenters. The van der Waals surface area contributed by atoms with Crippen LogP contribution in [-0.2, 0) is 14.3 Å². The Morgan fingerprint density at radius 3 is 2.07 bits per heavy atom. The number of ether oxygens (including phenoxy) is 1. The molecule has 15 heavy (non-hydrogen) atoms. The molecular weight excluding hydrogens is 196 g/mol. The van der Waals surface area contributed by atoms with E-state index in [1.54, 1.807) is 0 Å². The van der Waals surface area contributed by atoms with E-state index in [4.69, 9.17) is 14.6 Å². The first-order chi connectivity index (χ1) is 7.04. The summed E-state index contributed by atoms with van der Waals surface area (Å²) in [6.07, 6.45) is 4.77. The second-order valence-corrected chi connectivity index (χ2v) is 3.20. The van der Waals surface area contributed by atoms with Crippen LogP contribution < -0.4 is 0 Å². The quantitative estimate of drug-likeness (QED) is 0.550. The highest BCUT2D eigenvalue weighted by atomic mass is 16.5. The molecule has 0 rings (SSSR count). The number of hydrogen-bond donors (Lipinski definition) is 1. The van der Waals surface area contributed by atoms with Crippen molar-refractivity contribution in [2.45, 2.75) is 52.9 Å². The van der Waals surface area contributed by atoms with Crippen molar-refractivity contribution in [3.63, 3.8) is 0 Å². The normalized spacial score (nSPS) is 8.73. The van der Waals surface area contributed by atoms with Crippen LogP contribution in [0.15, 0.2) is 0 Å². The Labute approximate surface area is 91.6 Å². The molecule has 0 saturated heterocycles. The van der Waals surface area contributed by atoms with Gasteiger partial charge >= 0.3 is 5.97 Å². The number of carboxylic acid groups (broad SMARTS) is 1. The zero-order valence-corrected chi connectivity index (χ0v) is 9.91. The van der Waals surface area contributed by atoms with Gasteiger partial charge < -0.3 is 9.84 Å². The van der Waals surface area contributed by atoms with Gasteiger partial charge in [-0.1, -0.05) is 26.7 Å². The van der Waals surface area contributed by atoms with Crippen LogP contribution in [0.5, 0.6) is 0 Å². The molecule has 0 amide bonds. The molecule has 4 nitrogen and oxygen atoms in total. The Morgan fingerprint density at radius 2 is 1.67 bits per heavy atom. The molecule has 0 radical (unpaired) electrons. The highest BCUT2D eigenvalue weighted by Crippen LogP contribution is 1.96. The van der Waals surface area contributed by atoms with Crippen molar-refractivity contribution in [2.24, 2.45) is 0 Å². The van der Waals surface area contributed by atoms with Gasteiger partial charge in [-0.2, -0.15) is 0 Å². The number of aliphatic carboxylic acids is 1. The van der Waals surface area contributed by atoms with Crippen LogP contribution >= 0.6 is 0 Å². The molecule has 0 saturated carbocycles. The molecule has 4 heteroatoms. The van der Waals surface area contributed by atoms with Gasteiger partial charge in [0.2, 0.25) is 0 Å². The van der Waals surface area contributed by atoms with Crippen LogP contribution in [0.2, 0.25) is 0 Å². The van der Waals surface area contributed by atoms with Gasteiger partial charge in [0, 0.05) is 13.3 Å². The smallest absolute Gasteiger partial charge is 0.305 e. The average molecular weight is 218 g/mol. The van der Waals surface area contributed by atoms with Crippen LogP contribution in [-0.4, -0.2) is 23.7 Å². The van der Waals surface area contributed by atoms with Crippen LogP contribution in [0, 0.1) is 0 Å². The second kappa shape index (κ2) is 12.9. The lowest BCUT2D eigenvalue weighted by atomic mass is 10.3. The highest BCUT2D eigenvalue weighted by Gasteiger charge is 1.98. The van der Waals surface area contributed by atoms with Gasteiger partial charge in [0.05, 0.1) is 6.61 Å². The summed E-state index contributed by atoms with van der Waals surface area (Å²) >= 11 is 0. The van der Waals surface area contributed by atoms with E-state index in [0.717, 1.165) is 26.2 Å². The van der Waals surface area contributed by atoms with E-state index in [0.29, 0.717) is 13.0 Å². The molecule has 0 spiro atoms. The number of carbonyl (C=O) groups excluding carboxylic acids is 1. The fraction of sp³-hybridized carbons (Fsp3) is 0.818. The first kappa shape index (κ1) is 16.4. The van der Waals surface area contributed by atoms with Crippen molar-refractivity contribution in [2.75, 3.05) is 6.61 Å². The van der Waals surface area contributed by atoms with Gasteiger partial charge in [0.1, 0.15) is 0 Å². The Bertz CT molecular complexity index is 162. The van der Waals surface area contributed by atoms with E-state index < -0.39 is 5.97 Å². The summed E-state index contributed by atoms with van der Waals surface area (Å²) < 4.78 is 4.95. The lowest BCUT2D eigenvalue weighted by Gasteiger charge is -2.01. The summed E-state index contributed by atoms with van der Waals surface area (Å²) in [5, 5.41) is 7.42. The van der Waals surface area contributed by atoms with Crippen LogP contribution in [0.25, 0.3) is 0 Å². The monoisotopic (exact) mass is 218 g/mol. The first-order valence-corrected chi connectivity index (χ1v) is 5.39. The number of rotatable bonds is 6. The van der Waals surface area contributed by atoms with E-state index in [9.17, 15) is 4.79 Å². The number of carboxylic acids is 1. The third-order valence-corrected chi connectivity index (χ3v) is 1.47. The summed E-state index contributed by atoms with van der Waals surface area (Å²) in [6.45, 7) is 5.80. The topological polar surface area (TPSA) is 63.6 Å². The third-order valence-electron chi connectivity index (χ3n) is 1.47. The molecule has 0 aliphatic rings. The van der Waals surface area contributed by atoms with Crippen LogP contribution in [0.1, 0.15) is 52.9 Å². The lowest BCUT2D eigenvalue weighted by Crippen LogP contribution is -2.04. The maximum absolute atomic E-state index is 10.8. The van der Waals surface area contributed by atoms with Gasteiger partial charge in [-0.05, 0) is 12.8 Å². The predicted molar refractivity (Wildman–Crippen MR) is 58.7 cm³/mol. The summed E-state index contributed by atoms with van der Waals surface area (Å²) in [7, 11) is 0. The Kier molecular flexibility index (Phi) is 14.1. The van der Waals surface area contributed by atoms with E-state index in [1.807, 2.05) is 6.92 Å². The number of carbonyl (C=O) groups is 2. The van der Waals surface area contributed by atoms with E-state index in [2.05, 4.69) is 6.92 Å². The molecular formula is C11H22O4. The van der Waals surface area contributed by atoms with Crippen molar-refractivity contribution in [1.82, 2.24) is 0 Å². The second-order valence-electron chi connectivity index (χ2n) is 3.20. The summed E-state index contributed by atoms with van der Waals surface area (Å²) in [6, 6.07) is 0. The summed E-state index contributed by atoms with van der Waals surface area (Å²) in [5.74, 6) is -0.886. The molecule has 0 aliphatic heterocycles. The van der Waals surface area contributed by atoms with Crippen LogP contribution in [0.4, 0.5) is 0 Å². The maximum Gasteiger partial charge on any atom is 0.305 e. The summed E-state index contributed by atoms with van der Waals surface area (Å²) in [5.41, 5.74) is 0. The third kappa shape index (κ3) is 24.6. The standard InChI is InChI=1S/C9H18O2.C2H4O2/c1-3-5-6-8-11-9(10)7-4-2;1-2(3)4/h3-8H2,1-2H3;1H3,(H,3,4). The molecule has 0 aromatic rings. The fourth-order valence-corrected chi connectivity index (χ4v) is 0.814. The minimum atomic E-state index is -0.833. The van der Waals surface area contributed by atoms with Crippen molar-refractivity contribution < 1.29 is 19.4 Å². The van der Waals surface area contributed by atoms with Crippen molar-refractivity contribution in [1.29, 1.82) is 0 Å². The number of hydrogen-bond acceptors (Lipinski definition) is 3. The van der Waals surface area contributed by atoms with E-state index in [-0.39, 0.29) is 5.97 Å². The molecule has 0 aliphatic carbocycles. The minimum absolute atomic E-state index is 0.0522. The molecule has 90 valence electrons. The van der Waals surface area contributed by atoms with Crippen LogP contribution in [0.3, 0.4) is 0 Å². The van der Waals surface area contributed by atoms with Crippen molar-refractivity contribution in [3.05, 3.63) is 0 Å². The lowest BCUT2D eigenvalue weighted by molar-refractivity contribution is -0.143. The van der Waals surface area contributed by atoms with E-state index in [1.165, 1.54) is 6.42 Å². The number of unbranched alkanes of at least 4 members (excludes halogenated alkanes) is 2. The van der Waals surface area contributed by atoms with Gasteiger partial charge in [0.15, 0.2) is 0 Å². The zero-order chi connectivity index (χ0) is 12.1. The zero-order valence-electron chi connectivity index (χ0n) is 9.91. The molecule has 0 heterocycles. The maximum atomic E-state index is 10.8. The van der Waals surface area contributed by atoms with Gasteiger partial charge in [-0.15, -0.1) is 0 Å². The molecule has 0 fully saturated rings. The largest absolute Gasteiger partial charge is 0.481 e. The van der Waals surface area contributed by atoms with E-state index >= 15 is 0 Å². The molecule has 0 unspecified atom stereocenters. The first-order valence-electron chi connectivity index (χ1n) is 5.39. The Hall–Kier alpha value is -1.06. The molecule has 0 aromatic heterocycles. The number of esters is 1. The SMILES string of the molecule is CC(=O)O.CCCCCOC(=O)CCC. The fourth-order valence-electron chi connectivity index (χ4n) is 0.814. The molecule has 0 aromatic carbocycles. The van der Waals surface area contributed by atoms with Gasteiger partial charge in [0.25, 0.3) is 5.97 Å². The van der Waals surface area contributed by atoms with Gasteiger partial charge in [-0.25, -0.2) is 0 Å². The molecule has 0 bridgehead atoms. The molecule has 1 N–H and O–H groups in total. The summed E-state index contributed by atoms with van der Waals surface area (Å²) in [4.78, 5) is 19.8. The minimum Gasteiger partial charge on any atom is -0.481 e. The highest BCUT2D eigenvalue weighted by molar-refractivity contribution is 5.69. The average Bonchev–Trinajstić information content (AvgIpc) is 2.12. The Morgan fingerprint density at radius 1 is 1.13 bits per heavy atom. The predicted octanol–water partition coefficient (Wildman–Crippen LogP) is 2.61. The Balaban J connectivity index is 0.